The van der Waals surface area contributed by atoms with E-state index in [4.69, 9.17) is 9.15 Å². The second-order valence-electron chi connectivity index (χ2n) is 5.83. The van der Waals surface area contributed by atoms with Gasteiger partial charge in [0.2, 0.25) is 11.8 Å². The molecule has 2 rings (SSSR count). The van der Waals surface area contributed by atoms with Crippen molar-refractivity contribution in [2.75, 3.05) is 13.2 Å². The minimum absolute atomic E-state index is 0.384. The predicted octanol–water partition coefficient (Wildman–Crippen LogP) is 2.50. The van der Waals surface area contributed by atoms with Crippen LogP contribution in [0.4, 0.5) is 0 Å². The third-order valence-electron chi connectivity index (χ3n) is 3.58. The fraction of sp³-hybridized carbons (Fsp3) is 0.867. The maximum atomic E-state index is 5.71. The van der Waals surface area contributed by atoms with Crippen LogP contribution in [0.2, 0.25) is 0 Å². The summed E-state index contributed by atoms with van der Waals surface area (Å²) < 4.78 is 11.4. The average Bonchev–Trinajstić information content (AvgIpc) is 2.90. The first-order valence-electron chi connectivity index (χ1n) is 7.90. The third-order valence-corrected chi connectivity index (χ3v) is 3.58. The maximum absolute atomic E-state index is 5.71. The summed E-state index contributed by atoms with van der Waals surface area (Å²) in [6.45, 7) is 6.20. The maximum Gasteiger partial charge on any atom is 0.216 e. The van der Waals surface area contributed by atoms with E-state index in [0.717, 1.165) is 50.6 Å². The molecule has 0 saturated carbocycles. The van der Waals surface area contributed by atoms with E-state index in [2.05, 4.69) is 29.4 Å². The topological polar surface area (TPSA) is 60.2 Å². The van der Waals surface area contributed by atoms with Gasteiger partial charge in [-0.05, 0) is 38.6 Å². The summed E-state index contributed by atoms with van der Waals surface area (Å²) >= 11 is 0. The van der Waals surface area contributed by atoms with Gasteiger partial charge < -0.3 is 14.5 Å². The zero-order chi connectivity index (χ0) is 14.2. The lowest BCUT2D eigenvalue weighted by atomic mass is 10.0. The van der Waals surface area contributed by atoms with Crippen LogP contribution in [0.1, 0.15) is 57.7 Å². The Morgan fingerprint density at radius 3 is 2.70 bits per heavy atom. The molecule has 20 heavy (non-hydrogen) atoms. The van der Waals surface area contributed by atoms with E-state index in [1.807, 2.05) is 0 Å². The van der Waals surface area contributed by atoms with Crippen molar-refractivity contribution in [3.8, 4) is 0 Å². The van der Waals surface area contributed by atoms with E-state index in [1.54, 1.807) is 0 Å². The first-order valence-corrected chi connectivity index (χ1v) is 7.90. The summed E-state index contributed by atoms with van der Waals surface area (Å²) in [4.78, 5) is 0. The Balaban J connectivity index is 1.63. The quantitative estimate of drug-likeness (QED) is 0.742. The molecular formula is C15H27N3O2. The van der Waals surface area contributed by atoms with E-state index in [9.17, 15) is 0 Å². The summed E-state index contributed by atoms with van der Waals surface area (Å²) in [7, 11) is 0. The molecule has 5 nitrogen and oxygen atoms in total. The van der Waals surface area contributed by atoms with Crippen LogP contribution >= 0.6 is 0 Å². The van der Waals surface area contributed by atoms with Gasteiger partial charge in [-0.15, -0.1) is 10.2 Å². The number of aromatic nitrogens is 2. The third kappa shape index (κ3) is 5.59. The van der Waals surface area contributed by atoms with Gasteiger partial charge >= 0.3 is 0 Å². The summed E-state index contributed by atoms with van der Waals surface area (Å²) in [5, 5.41) is 11.6. The molecule has 5 heteroatoms. The largest absolute Gasteiger partial charge is 0.425 e. The van der Waals surface area contributed by atoms with Crippen molar-refractivity contribution in [2.24, 2.45) is 0 Å². The summed E-state index contributed by atoms with van der Waals surface area (Å²) in [6.07, 6.45) is 7.75. The molecule has 1 unspecified atom stereocenters. The van der Waals surface area contributed by atoms with Crippen LogP contribution in [0.5, 0.6) is 0 Å². The number of nitrogens with one attached hydrogen (secondary N) is 1. The first-order chi connectivity index (χ1) is 9.74. The lowest BCUT2D eigenvalue weighted by Gasteiger charge is -2.21. The molecule has 1 aromatic rings. The Bertz CT molecular complexity index is 373. The van der Waals surface area contributed by atoms with E-state index < -0.39 is 0 Å². The normalized spacial score (nSPS) is 19.6. The predicted molar refractivity (Wildman–Crippen MR) is 77.7 cm³/mol. The lowest BCUT2D eigenvalue weighted by molar-refractivity contribution is 0.0105. The van der Waals surface area contributed by atoms with Crippen molar-refractivity contribution in [1.29, 1.82) is 0 Å². The molecule has 1 saturated heterocycles. The van der Waals surface area contributed by atoms with E-state index in [-0.39, 0.29) is 0 Å². The van der Waals surface area contributed by atoms with Crippen molar-refractivity contribution in [2.45, 2.75) is 70.9 Å². The molecule has 1 N–H and O–H groups in total. The second kappa shape index (κ2) is 8.37. The summed E-state index contributed by atoms with van der Waals surface area (Å²) in [5.41, 5.74) is 0. The second-order valence-corrected chi connectivity index (χ2v) is 5.83. The fourth-order valence-corrected chi connectivity index (χ4v) is 2.44. The van der Waals surface area contributed by atoms with Gasteiger partial charge in [0.25, 0.3) is 0 Å². The van der Waals surface area contributed by atoms with Crippen molar-refractivity contribution < 1.29 is 9.15 Å². The highest BCUT2D eigenvalue weighted by atomic mass is 16.5. The highest BCUT2D eigenvalue weighted by Crippen LogP contribution is 2.17. The highest BCUT2D eigenvalue weighted by molar-refractivity contribution is 4.83. The molecule has 1 aromatic heterocycles. The van der Waals surface area contributed by atoms with Gasteiger partial charge in [0.05, 0.1) is 6.10 Å². The average molecular weight is 281 g/mol. The lowest BCUT2D eigenvalue weighted by Crippen LogP contribution is -2.23. The molecule has 1 aliphatic heterocycles. The molecule has 0 spiro atoms. The van der Waals surface area contributed by atoms with Crippen molar-refractivity contribution >= 4 is 0 Å². The zero-order valence-electron chi connectivity index (χ0n) is 12.7. The Labute approximate surface area is 121 Å². The molecule has 0 aliphatic carbocycles. The number of aryl methyl sites for hydroxylation is 2. The van der Waals surface area contributed by atoms with Crippen LogP contribution in [0, 0.1) is 0 Å². The monoisotopic (exact) mass is 281 g/mol. The van der Waals surface area contributed by atoms with Crippen molar-refractivity contribution in [3.63, 3.8) is 0 Å². The number of rotatable bonds is 8. The minimum Gasteiger partial charge on any atom is -0.425 e. The number of nitrogens with zero attached hydrogens (tertiary/aromatic N) is 2. The van der Waals surface area contributed by atoms with Crippen LogP contribution in [0.25, 0.3) is 0 Å². The van der Waals surface area contributed by atoms with Crippen LogP contribution in [-0.4, -0.2) is 35.5 Å². The van der Waals surface area contributed by atoms with E-state index in [1.165, 1.54) is 19.3 Å². The molecular weight excluding hydrogens is 254 g/mol. The fourth-order valence-electron chi connectivity index (χ4n) is 2.44. The number of hydrogen-bond donors (Lipinski definition) is 1. The first kappa shape index (κ1) is 15.4. The van der Waals surface area contributed by atoms with E-state index >= 15 is 0 Å². The molecule has 0 radical (unpaired) electrons. The molecule has 2 heterocycles. The number of hydrogen-bond acceptors (Lipinski definition) is 5. The Morgan fingerprint density at radius 1 is 1.20 bits per heavy atom. The van der Waals surface area contributed by atoms with Crippen LogP contribution in [-0.2, 0) is 17.6 Å². The van der Waals surface area contributed by atoms with Crippen molar-refractivity contribution in [1.82, 2.24) is 15.5 Å². The Kier molecular flexibility index (Phi) is 6.47. The molecule has 1 fully saturated rings. The van der Waals surface area contributed by atoms with Gasteiger partial charge in [0.15, 0.2) is 0 Å². The van der Waals surface area contributed by atoms with Crippen LogP contribution in [0.3, 0.4) is 0 Å². The molecule has 114 valence electrons. The highest BCUT2D eigenvalue weighted by Gasteiger charge is 2.15. The van der Waals surface area contributed by atoms with Gasteiger partial charge in [0.1, 0.15) is 0 Å². The standard InChI is InChI=1S/C15H27N3O2/c1-12(2)16-10-5-7-14-17-18-15(20-14)9-8-13-6-3-4-11-19-13/h12-13,16H,3-11H2,1-2H3. The Morgan fingerprint density at radius 2 is 2.00 bits per heavy atom. The molecule has 1 atom stereocenters. The molecule has 0 bridgehead atoms. The molecule has 0 amide bonds. The van der Waals surface area contributed by atoms with Gasteiger partial charge in [-0.1, -0.05) is 13.8 Å². The SMILES string of the molecule is CC(C)NCCCc1nnc(CCC2CCCCO2)o1. The number of ether oxygens (including phenoxy) is 1. The van der Waals surface area contributed by atoms with Gasteiger partial charge in [-0.2, -0.15) is 0 Å². The summed E-state index contributed by atoms with van der Waals surface area (Å²) in [6, 6.07) is 0.531. The van der Waals surface area contributed by atoms with Gasteiger partial charge in [0, 0.05) is 25.5 Å². The minimum atomic E-state index is 0.384. The summed E-state index contributed by atoms with van der Waals surface area (Å²) in [5.74, 6) is 1.51. The smallest absolute Gasteiger partial charge is 0.216 e. The Hall–Kier alpha value is -0.940. The molecule has 0 aromatic carbocycles. The van der Waals surface area contributed by atoms with Gasteiger partial charge in [-0.3, -0.25) is 0 Å². The molecule has 1 aliphatic rings. The van der Waals surface area contributed by atoms with Crippen molar-refractivity contribution in [3.05, 3.63) is 11.8 Å². The van der Waals surface area contributed by atoms with Crippen LogP contribution in [0.15, 0.2) is 4.42 Å². The van der Waals surface area contributed by atoms with Gasteiger partial charge in [-0.25, -0.2) is 0 Å². The van der Waals surface area contributed by atoms with Crippen LogP contribution < -0.4 is 5.32 Å². The van der Waals surface area contributed by atoms with E-state index in [0.29, 0.717) is 12.1 Å². The zero-order valence-corrected chi connectivity index (χ0v) is 12.7.